The smallest absolute Gasteiger partial charge is 0.272 e. The van der Waals surface area contributed by atoms with Crippen molar-refractivity contribution < 1.29 is 28.6 Å². The van der Waals surface area contributed by atoms with Crippen molar-refractivity contribution in [2.45, 2.75) is 17.1 Å². The highest BCUT2D eigenvalue weighted by molar-refractivity contribution is 8.00. The number of benzene rings is 4. The third-order valence-corrected chi connectivity index (χ3v) is 7.84. The first-order valence-electron chi connectivity index (χ1n) is 13.7. The van der Waals surface area contributed by atoms with Gasteiger partial charge in [-0.2, -0.15) is 0 Å². The van der Waals surface area contributed by atoms with Gasteiger partial charge in [0.2, 0.25) is 5.91 Å². The third-order valence-electron chi connectivity index (χ3n) is 6.46. The molecule has 45 heavy (non-hydrogen) atoms. The monoisotopic (exact) mass is 645 g/mol. The summed E-state index contributed by atoms with van der Waals surface area (Å²) in [7, 11) is 4.53. The minimum atomic E-state index is -0.562. The van der Waals surface area contributed by atoms with E-state index < -0.39 is 17.1 Å². The van der Waals surface area contributed by atoms with Gasteiger partial charge in [0.05, 0.1) is 31.6 Å². The first-order chi connectivity index (χ1) is 21.7. The molecule has 232 valence electrons. The molecule has 0 saturated heterocycles. The fraction of sp³-hybridized carbons (Fsp3) is 0.147. The van der Waals surface area contributed by atoms with Crippen LogP contribution >= 0.6 is 23.4 Å². The van der Waals surface area contributed by atoms with Crippen LogP contribution in [0.25, 0.3) is 6.08 Å². The number of carbonyl (C=O) groups excluding carboxylic acids is 3. The Hall–Kier alpha value is -4.93. The van der Waals surface area contributed by atoms with Crippen molar-refractivity contribution in [1.29, 1.82) is 0 Å². The maximum atomic E-state index is 13.6. The maximum Gasteiger partial charge on any atom is 0.272 e. The summed E-state index contributed by atoms with van der Waals surface area (Å²) in [6.45, 7) is 1.78. The molecule has 4 rings (SSSR count). The molecule has 1 unspecified atom stereocenters. The number of ether oxygens (including phenoxy) is 3. The molecule has 0 fully saturated rings. The Bertz CT molecular complexity index is 1710. The molecule has 0 aliphatic heterocycles. The van der Waals surface area contributed by atoms with Crippen molar-refractivity contribution in [3.63, 3.8) is 0 Å². The third kappa shape index (κ3) is 8.81. The highest BCUT2D eigenvalue weighted by Crippen LogP contribution is 2.33. The summed E-state index contributed by atoms with van der Waals surface area (Å²) in [4.78, 5) is 40.3. The molecule has 0 spiro atoms. The average molecular weight is 646 g/mol. The predicted molar refractivity (Wildman–Crippen MR) is 178 cm³/mol. The molecule has 0 saturated carbocycles. The Labute approximate surface area is 270 Å². The number of halogens is 1. The Morgan fingerprint density at radius 1 is 0.778 bits per heavy atom. The Balaban J connectivity index is 1.52. The maximum absolute atomic E-state index is 13.6. The molecule has 4 aromatic carbocycles. The molecule has 0 aliphatic rings. The van der Waals surface area contributed by atoms with Gasteiger partial charge < -0.3 is 30.2 Å². The summed E-state index contributed by atoms with van der Waals surface area (Å²) in [6, 6.07) is 25.9. The second kappa shape index (κ2) is 15.7. The number of thioether (sulfide) groups is 1. The van der Waals surface area contributed by atoms with Gasteiger partial charge in [-0.25, -0.2) is 0 Å². The summed E-state index contributed by atoms with van der Waals surface area (Å²) in [5.74, 6) is 0.141. The quantitative estimate of drug-likeness (QED) is 0.113. The lowest BCUT2D eigenvalue weighted by molar-refractivity contribution is -0.115. The topological polar surface area (TPSA) is 115 Å². The van der Waals surface area contributed by atoms with Gasteiger partial charge in [-0.1, -0.05) is 48.0 Å². The molecule has 4 aromatic rings. The minimum Gasteiger partial charge on any atom is -0.495 e. The summed E-state index contributed by atoms with van der Waals surface area (Å²) in [5.41, 5.74) is 1.91. The van der Waals surface area contributed by atoms with Crippen LogP contribution in [-0.4, -0.2) is 44.3 Å². The highest BCUT2D eigenvalue weighted by atomic mass is 35.5. The van der Waals surface area contributed by atoms with Gasteiger partial charge in [0.1, 0.15) is 11.4 Å². The standard InChI is InChI=1S/C34H32ClN3O6S/c1-21(32(39)36-25-16-17-29(42-2)27(35)20-25)45-26-14-9-13-24(19-26)37-34(41)28(38-33(40)22-10-6-5-7-11-22)18-23-12-8-15-30(43-3)31(23)44-4/h5-21H,1-4H3,(H,36,39)(H,37,41)(H,38,40)/b28-18+. The van der Waals surface area contributed by atoms with Crippen LogP contribution in [-0.2, 0) is 9.59 Å². The second-order valence-corrected chi connectivity index (χ2v) is 11.4. The van der Waals surface area contributed by atoms with E-state index in [4.69, 9.17) is 25.8 Å². The number of carbonyl (C=O) groups is 3. The summed E-state index contributed by atoms with van der Waals surface area (Å²) >= 11 is 7.50. The molecule has 0 aliphatic carbocycles. The molecule has 3 amide bonds. The lowest BCUT2D eigenvalue weighted by Gasteiger charge is -2.15. The van der Waals surface area contributed by atoms with E-state index in [0.717, 1.165) is 4.90 Å². The van der Waals surface area contributed by atoms with E-state index in [9.17, 15) is 14.4 Å². The van der Waals surface area contributed by atoms with E-state index in [1.807, 2.05) is 6.07 Å². The van der Waals surface area contributed by atoms with Gasteiger partial charge in [0.15, 0.2) is 11.5 Å². The largest absolute Gasteiger partial charge is 0.495 e. The van der Waals surface area contributed by atoms with Gasteiger partial charge >= 0.3 is 0 Å². The van der Waals surface area contributed by atoms with E-state index in [0.29, 0.717) is 44.8 Å². The van der Waals surface area contributed by atoms with Crippen molar-refractivity contribution in [2.75, 3.05) is 32.0 Å². The van der Waals surface area contributed by atoms with Crippen LogP contribution in [0.4, 0.5) is 11.4 Å². The normalized spacial score (nSPS) is 11.6. The molecular formula is C34H32ClN3O6S. The van der Waals surface area contributed by atoms with Crippen molar-refractivity contribution in [2.24, 2.45) is 0 Å². The van der Waals surface area contributed by atoms with E-state index in [2.05, 4.69) is 16.0 Å². The van der Waals surface area contributed by atoms with Crippen LogP contribution in [0.5, 0.6) is 17.2 Å². The number of para-hydroxylation sites is 1. The SMILES string of the molecule is COc1ccc(NC(=O)C(C)Sc2cccc(NC(=O)/C(=C\c3cccc(OC)c3OC)NC(=O)c3ccccc3)c2)cc1Cl. The minimum absolute atomic E-state index is 0.0145. The van der Waals surface area contributed by atoms with Gasteiger partial charge in [0, 0.05) is 27.4 Å². The molecule has 11 heteroatoms. The fourth-order valence-electron chi connectivity index (χ4n) is 4.21. The number of nitrogens with one attached hydrogen (secondary N) is 3. The second-order valence-electron chi connectivity index (χ2n) is 9.54. The van der Waals surface area contributed by atoms with E-state index in [1.165, 1.54) is 39.2 Å². The van der Waals surface area contributed by atoms with Crippen LogP contribution < -0.4 is 30.2 Å². The van der Waals surface area contributed by atoms with Crippen LogP contribution in [0, 0.1) is 0 Å². The number of anilines is 2. The summed E-state index contributed by atoms with van der Waals surface area (Å²) in [5, 5.41) is 8.34. The average Bonchev–Trinajstić information content (AvgIpc) is 3.04. The molecule has 3 N–H and O–H groups in total. The van der Waals surface area contributed by atoms with Crippen molar-refractivity contribution in [1.82, 2.24) is 5.32 Å². The predicted octanol–water partition coefficient (Wildman–Crippen LogP) is 6.89. The molecule has 1 atom stereocenters. The van der Waals surface area contributed by atoms with Gasteiger partial charge in [-0.05, 0) is 67.6 Å². The number of hydrogen-bond acceptors (Lipinski definition) is 7. The van der Waals surface area contributed by atoms with Crippen molar-refractivity contribution in [3.05, 3.63) is 113 Å². The molecule has 0 bridgehead atoms. The number of hydrogen-bond donors (Lipinski definition) is 3. The first kappa shape index (κ1) is 33.0. The van der Waals surface area contributed by atoms with Crippen molar-refractivity contribution >= 4 is 58.5 Å². The van der Waals surface area contributed by atoms with Crippen LogP contribution in [0.1, 0.15) is 22.8 Å². The zero-order valence-corrected chi connectivity index (χ0v) is 26.6. The molecule has 0 aromatic heterocycles. The van der Waals surface area contributed by atoms with Crippen molar-refractivity contribution in [3.8, 4) is 17.2 Å². The Morgan fingerprint density at radius 3 is 2.18 bits per heavy atom. The number of amides is 3. The molecular weight excluding hydrogens is 614 g/mol. The lowest BCUT2D eigenvalue weighted by Crippen LogP contribution is -2.30. The van der Waals surface area contributed by atoms with Gasteiger partial charge in [0.25, 0.3) is 11.8 Å². The van der Waals surface area contributed by atoms with Crippen LogP contribution in [0.15, 0.2) is 102 Å². The molecule has 0 radical (unpaired) electrons. The zero-order chi connectivity index (χ0) is 32.3. The van der Waals surface area contributed by atoms with Crippen LogP contribution in [0.3, 0.4) is 0 Å². The van der Waals surface area contributed by atoms with Gasteiger partial charge in [-0.15, -0.1) is 11.8 Å². The summed E-state index contributed by atoms with van der Waals surface area (Å²) in [6.07, 6.45) is 1.52. The number of rotatable bonds is 12. The number of methoxy groups -OCH3 is 3. The first-order valence-corrected chi connectivity index (χ1v) is 15.0. The van der Waals surface area contributed by atoms with Crippen LogP contribution in [0.2, 0.25) is 5.02 Å². The highest BCUT2D eigenvalue weighted by Gasteiger charge is 2.19. The van der Waals surface area contributed by atoms with E-state index >= 15 is 0 Å². The Kier molecular flexibility index (Phi) is 11.5. The van der Waals surface area contributed by atoms with Gasteiger partial charge in [-0.3, -0.25) is 14.4 Å². The lowest BCUT2D eigenvalue weighted by atomic mass is 10.1. The summed E-state index contributed by atoms with van der Waals surface area (Å²) < 4.78 is 16.1. The zero-order valence-electron chi connectivity index (χ0n) is 25.1. The Morgan fingerprint density at radius 2 is 1.49 bits per heavy atom. The fourth-order valence-corrected chi connectivity index (χ4v) is 5.40. The van der Waals surface area contributed by atoms with E-state index in [1.54, 1.807) is 91.9 Å². The molecule has 0 heterocycles. The van der Waals surface area contributed by atoms with E-state index in [-0.39, 0.29) is 11.6 Å². The molecule has 9 nitrogen and oxygen atoms in total.